The maximum absolute atomic E-state index is 12.3. The number of hydrogen-bond donors (Lipinski definition) is 1. The highest BCUT2D eigenvalue weighted by Gasteiger charge is 2.13. The van der Waals surface area contributed by atoms with Crippen LogP contribution in [0.3, 0.4) is 0 Å². The fourth-order valence-electron chi connectivity index (χ4n) is 2.91. The van der Waals surface area contributed by atoms with Crippen molar-refractivity contribution in [1.29, 1.82) is 0 Å². The highest BCUT2D eigenvalue weighted by Crippen LogP contribution is 2.22. The fraction of sp³-hybridized carbons (Fsp3) is 0.316. The Morgan fingerprint density at radius 3 is 2.50 bits per heavy atom. The van der Waals surface area contributed by atoms with Crippen molar-refractivity contribution in [2.24, 2.45) is 0 Å². The van der Waals surface area contributed by atoms with Crippen LogP contribution in [-0.4, -0.2) is 20.0 Å². The zero-order valence-electron chi connectivity index (χ0n) is 13.2. The van der Waals surface area contributed by atoms with Gasteiger partial charge in [-0.2, -0.15) is 0 Å². The average molecular weight is 294 g/mol. The number of carbonyl (C=O) groups is 1. The first kappa shape index (κ1) is 14.6. The molecule has 0 aliphatic heterocycles. The minimum atomic E-state index is 0.00591. The molecule has 3 nitrogen and oxygen atoms in total. The number of aryl methyl sites for hydroxylation is 2. The Hall–Kier alpha value is -2.29. The fourth-order valence-corrected chi connectivity index (χ4v) is 2.91. The number of hydrogen-bond acceptors (Lipinski definition) is 2. The standard InChI is InChI=1S/C19H22N2O/c1-21(2)18-10-6-14(7-11-18)13-20-19(22)17-9-8-15-4-3-5-16(15)12-17/h6-12H,3-5,13H2,1-2H3,(H,20,22). The van der Waals surface area contributed by atoms with Gasteiger partial charge in [0.2, 0.25) is 0 Å². The summed E-state index contributed by atoms with van der Waals surface area (Å²) in [5, 5.41) is 3.00. The average Bonchev–Trinajstić information content (AvgIpc) is 3.00. The van der Waals surface area contributed by atoms with Gasteiger partial charge in [0, 0.05) is 31.9 Å². The second-order valence-corrected chi connectivity index (χ2v) is 6.08. The molecule has 0 aromatic heterocycles. The van der Waals surface area contributed by atoms with Crippen LogP contribution in [0.4, 0.5) is 5.69 Å². The van der Waals surface area contributed by atoms with Crippen LogP contribution < -0.4 is 10.2 Å². The Morgan fingerprint density at radius 2 is 1.77 bits per heavy atom. The number of amides is 1. The van der Waals surface area contributed by atoms with Gasteiger partial charge in [-0.15, -0.1) is 0 Å². The van der Waals surface area contributed by atoms with E-state index in [1.807, 2.05) is 26.2 Å². The molecule has 0 heterocycles. The van der Waals surface area contributed by atoms with Crippen molar-refractivity contribution in [1.82, 2.24) is 5.32 Å². The Morgan fingerprint density at radius 1 is 1.05 bits per heavy atom. The topological polar surface area (TPSA) is 32.3 Å². The van der Waals surface area contributed by atoms with Gasteiger partial charge < -0.3 is 10.2 Å². The molecule has 0 radical (unpaired) electrons. The molecule has 0 saturated heterocycles. The van der Waals surface area contributed by atoms with Crippen molar-refractivity contribution >= 4 is 11.6 Å². The number of carbonyl (C=O) groups excluding carboxylic acids is 1. The number of anilines is 1. The van der Waals surface area contributed by atoms with Crippen molar-refractivity contribution in [2.75, 3.05) is 19.0 Å². The van der Waals surface area contributed by atoms with Crippen LogP contribution in [0.25, 0.3) is 0 Å². The van der Waals surface area contributed by atoms with Gasteiger partial charge in [-0.1, -0.05) is 18.2 Å². The summed E-state index contributed by atoms with van der Waals surface area (Å²) in [5.41, 5.74) is 5.78. The Kier molecular flexibility index (Phi) is 4.14. The lowest BCUT2D eigenvalue weighted by molar-refractivity contribution is 0.0951. The predicted molar refractivity (Wildman–Crippen MR) is 90.4 cm³/mol. The third-order valence-electron chi connectivity index (χ3n) is 4.27. The maximum atomic E-state index is 12.3. The maximum Gasteiger partial charge on any atom is 0.251 e. The largest absolute Gasteiger partial charge is 0.378 e. The van der Waals surface area contributed by atoms with Crippen molar-refractivity contribution in [2.45, 2.75) is 25.8 Å². The molecular weight excluding hydrogens is 272 g/mol. The zero-order chi connectivity index (χ0) is 15.5. The van der Waals surface area contributed by atoms with Gasteiger partial charge in [-0.3, -0.25) is 4.79 Å². The SMILES string of the molecule is CN(C)c1ccc(CNC(=O)c2ccc3c(c2)CCC3)cc1. The molecule has 1 amide bonds. The first-order valence-corrected chi connectivity index (χ1v) is 7.80. The van der Waals surface area contributed by atoms with Gasteiger partial charge in [-0.05, 0) is 60.2 Å². The molecule has 0 unspecified atom stereocenters. The third-order valence-corrected chi connectivity index (χ3v) is 4.27. The summed E-state index contributed by atoms with van der Waals surface area (Å²) in [6, 6.07) is 14.3. The molecule has 0 fully saturated rings. The van der Waals surface area contributed by atoms with E-state index in [2.05, 4.69) is 40.5 Å². The smallest absolute Gasteiger partial charge is 0.251 e. The molecule has 2 aromatic carbocycles. The Balaban J connectivity index is 1.62. The number of nitrogens with one attached hydrogen (secondary N) is 1. The van der Waals surface area contributed by atoms with Gasteiger partial charge in [0.1, 0.15) is 0 Å². The molecule has 3 heteroatoms. The van der Waals surface area contributed by atoms with E-state index in [9.17, 15) is 4.79 Å². The minimum absolute atomic E-state index is 0.00591. The zero-order valence-corrected chi connectivity index (χ0v) is 13.2. The highest BCUT2D eigenvalue weighted by atomic mass is 16.1. The van der Waals surface area contributed by atoms with E-state index < -0.39 is 0 Å². The molecule has 1 aliphatic carbocycles. The molecule has 0 atom stereocenters. The van der Waals surface area contributed by atoms with Crippen LogP contribution in [-0.2, 0) is 19.4 Å². The first-order valence-electron chi connectivity index (χ1n) is 7.80. The first-order chi connectivity index (χ1) is 10.6. The summed E-state index contributed by atoms with van der Waals surface area (Å²) in [6.07, 6.45) is 3.45. The summed E-state index contributed by atoms with van der Waals surface area (Å²) in [7, 11) is 4.04. The van der Waals surface area contributed by atoms with Crippen molar-refractivity contribution in [3.63, 3.8) is 0 Å². The molecule has 1 N–H and O–H groups in total. The lowest BCUT2D eigenvalue weighted by Crippen LogP contribution is -2.23. The van der Waals surface area contributed by atoms with Crippen LogP contribution in [0.15, 0.2) is 42.5 Å². The second-order valence-electron chi connectivity index (χ2n) is 6.08. The minimum Gasteiger partial charge on any atom is -0.378 e. The molecule has 114 valence electrons. The van der Waals surface area contributed by atoms with Crippen molar-refractivity contribution < 1.29 is 4.79 Å². The van der Waals surface area contributed by atoms with Gasteiger partial charge in [0.25, 0.3) is 5.91 Å². The van der Waals surface area contributed by atoms with E-state index in [1.165, 1.54) is 17.5 Å². The second kappa shape index (κ2) is 6.22. The predicted octanol–water partition coefficient (Wildman–Crippen LogP) is 3.17. The van der Waals surface area contributed by atoms with Crippen LogP contribution in [0.5, 0.6) is 0 Å². The summed E-state index contributed by atoms with van der Waals surface area (Å²) in [6.45, 7) is 0.559. The van der Waals surface area contributed by atoms with Gasteiger partial charge in [-0.25, -0.2) is 0 Å². The monoisotopic (exact) mass is 294 g/mol. The van der Waals surface area contributed by atoms with Crippen molar-refractivity contribution in [3.05, 3.63) is 64.7 Å². The number of rotatable bonds is 4. The molecule has 0 saturated carbocycles. The number of nitrogens with zero attached hydrogens (tertiary/aromatic N) is 1. The number of benzene rings is 2. The highest BCUT2D eigenvalue weighted by molar-refractivity contribution is 5.94. The van der Waals surface area contributed by atoms with Crippen molar-refractivity contribution in [3.8, 4) is 0 Å². The molecule has 0 bridgehead atoms. The van der Waals surface area contributed by atoms with Crippen LogP contribution in [0.2, 0.25) is 0 Å². The van der Waals surface area contributed by atoms with E-state index in [-0.39, 0.29) is 5.91 Å². The molecule has 22 heavy (non-hydrogen) atoms. The van der Waals surface area contributed by atoms with E-state index >= 15 is 0 Å². The Labute approximate surface area is 132 Å². The Bertz CT molecular complexity index is 674. The summed E-state index contributed by atoms with van der Waals surface area (Å²) in [4.78, 5) is 14.3. The normalized spacial score (nSPS) is 12.8. The van der Waals surface area contributed by atoms with Gasteiger partial charge in [0.05, 0.1) is 0 Å². The van der Waals surface area contributed by atoms with Gasteiger partial charge in [0.15, 0.2) is 0 Å². The molecule has 3 rings (SSSR count). The van der Waals surface area contributed by atoms with E-state index in [0.717, 1.165) is 29.7 Å². The van der Waals surface area contributed by atoms with Crippen LogP contribution in [0.1, 0.15) is 33.5 Å². The molecule has 2 aromatic rings. The van der Waals surface area contributed by atoms with E-state index in [4.69, 9.17) is 0 Å². The quantitative estimate of drug-likeness (QED) is 0.939. The van der Waals surface area contributed by atoms with Gasteiger partial charge >= 0.3 is 0 Å². The van der Waals surface area contributed by atoms with Crippen LogP contribution >= 0.6 is 0 Å². The van der Waals surface area contributed by atoms with Crippen LogP contribution in [0, 0.1) is 0 Å². The molecule has 1 aliphatic rings. The summed E-state index contributed by atoms with van der Waals surface area (Å²) >= 11 is 0. The van der Waals surface area contributed by atoms with E-state index in [0.29, 0.717) is 6.54 Å². The lowest BCUT2D eigenvalue weighted by atomic mass is 10.1. The lowest BCUT2D eigenvalue weighted by Gasteiger charge is -2.13. The summed E-state index contributed by atoms with van der Waals surface area (Å²) < 4.78 is 0. The molecule has 0 spiro atoms. The third kappa shape index (κ3) is 3.14. The van der Waals surface area contributed by atoms with E-state index in [1.54, 1.807) is 0 Å². The molecular formula is C19H22N2O. The number of fused-ring (bicyclic) bond motifs is 1. The summed E-state index contributed by atoms with van der Waals surface area (Å²) in [5.74, 6) is 0.00591.